The lowest BCUT2D eigenvalue weighted by Crippen LogP contribution is -2.31. The number of nitrogens with one attached hydrogen (secondary N) is 2. The van der Waals surface area contributed by atoms with E-state index in [1.165, 1.54) is 13.3 Å². The molecule has 1 saturated heterocycles. The van der Waals surface area contributed by atoms with Crippen LogP contribution < -0.4 is 5.32 Å². The topological polar surface area (TPSA) is 109 Å². The number of ether oxygens (including phenoxy) is 2. The highest BCUT2D eigenvalue weighted by Crippen LogP contribution is 2.40. The maximum absolute atomic E-state index is 11.3. The van der Waals surface area contributed by atoms with Crippen molar-refractivity contribution >= 4 is 17.7 Å². The molecule has 5 rings (SSSR count). The van der Waals surface area contributed by atoms with Gasteiger partial charge in [0.2, 0.25) is 5.91 Å². The van der Waals surface area contributed by atoms with Gasteiger partial charge in [-0.05, 0) is 39.9 Å². The van der Waals surface area contributed by atoms with Crippen molar-refractivity contribution < 1.29 is 19.4 Å². The maximum atomic E-state index is 11.3. The quantitative estimate of drug-likeness (QED) is 0.263. The van der Waals surface area contributed by atoms with Crippen molar-refractivity contribution in [1.29, 1.82) is 0 Å². The summed E-state index contributed by atoms with van der Waals surface area (Å²) in [6, 6.07) is 24.2. The van der Waals surface area contributed by atoms with Gasteiger partial charge in [0.15, 0.2) is 11.4 Å². The van der Waals surface area contributed by atoms with Crippen molar-refractivity contribution in [3.63, 3.8) is 0 Å². The SMILES string of the molecule is CC(=O)NCc1cccc(-c2cccc([C@H]3O[C@@H](CSc4ncn[nH]4)C[C@@H](c4ccc(CO)cc4)O3)c2)c1. The zero-order valence-corrected chi connectivity index (χ0v) is 21.9. The highest BCUT2D eigenvalue weighted by Gasteiger charge is 2.32. The number of benzene rings is 3. The Morgan fingerprint density at radius 1 is 1.03 bits per heavy atom. The number of carbonyl (C=O) groups is 1. The van der Waals surface area contributed by atoms with Gasteiger partial charge in [0.05, 0.1) is 18.8 Å². The van der Waals surface area contributed by atoms with E-state index in [0.29, 0.717) is 18.7 Å². The van der Waals surface area contributed by atoms with Gasteiger partial charge in [-0.15, -0.1) is 0 Å². The molecule has 38 heavy (non-hydrogen) atoms. The number of carbonyl (C=O) groups excluding carboxylic acids is 1. The Bertz CT molecular complexity index is 1350. The Labute approximate surface area is 225 Å². The Kier molecular flexibility index (Phi) is 8.50. The molecule has 4 aromatic rings. The van der Waals surface area contributed by atoms with Crippen LogP contribution in [0.2, 0.25) is 0 Å². The van der Waals surface area contributed by atoms with Gasteiger partial charge in [-0.2, -0.15) is 5.10 Å². The summed E-state index contributed by atoms with van der Waals surface area (Å²) in [7, 11) is 0. The summed E-state index contributed by atoms with van der Waals surface area (Å²) < 4.78 is 13.0. The number of nitrogens with zero attached hydrogens (tertiary/aromatic N) is 2. The minimum atomic E-state index is -0.547. The van der Waals surface area contributed by atoms with Gasteiger partial charge in [-0.1, -0.05) is 72.4 Å². The third kappa shape index (κ3) is 6.68. The molecule has 0 spiro atoms. The smallest absolute Gasteiger partial charge is 0.217 e. The van der Waals surface area contributed by atoms with Crippen LogP contribution in [0.1, 0.15) is 48.0 Å². The molecule has 1 aliphatic heterocycles. The van der Waals surface area contributed by atoms with E-state index in [0.717, 1.165) is 38.5 Å². The van der Waals surface area contributed by atoms with Crippen LogP contribution in [0, 0.1) is 0 Å². The molecule has 0 unspecified atom stereocenters. The first-order valence-corrected chi connectivity index (χ1v) is 13.5. The molecular formula is C29H30N4O4S. The molecular weight excluding hydrogens is 500 g/mol. The summed E-state index contributed by atoms with van der Waals surface area (Å²) in [6.07, 6.45) is 1.41. The average Bonchev–Trinajstić information content (AvgIpc) is 3.49. The summed E-state index contributed by atoms with van der Waals surface area (Å²) in [5.74, 6) is 0.645. The first kappa shape index (κ1) is 26.1. The summed E-state index contributed by atoms with van der Waals surface area (Å²) in [4.78, 5) is 15.5. The van der Waals surface area contributed by atoms with Crippen molar-refractivity contribution in [2.75, 3.05) is 5.75 Å². The Balaban J connectivity index is 1.38. The molecule has 2 heterocycles. The third-order valence-corrected chi connectivity index (χ3v) is 7.38. The van der Waals surface area contributed by atoms with E-state index < -0.39 is 6.29 Å². The molecule has 0 radical (unpaired) electrons. The Morgan fingerprint density at radius 2 is 1.82 bits per heavy atom. The first-order chi connectivity index (χ1) is 18.6. The zero-order chi connectivity index (χ0) is 26.3. The standard InChI is InChI=1S/C29H30N4O4S/c1-19(35)30-15-21-4-2-5-23(12-21)24-6-3-7-25(13-24)28-36-26(17-38-29-31-18-32-33-29)14-27(37-28)22-10-8-20(16-34)9-11-22/h2-13,18,26-28,34H,14-17H2,1H3,(H,30,35)(H,31,32,33)/t26-,27+,28+/m1/s1. The van der Waals surface area contributed by atoms with Gasteiger partial charge in [0, 0.05) is 31.2 Å². The van der Waals surface area contributed by atoms with Crippen molar-refractivity contribution in [3.8, 4) is 11.1 Å². The van der Waals surface area contributed by atoms with Gasteiger partial charge >= 0.3 is 0 Å². The molecule has 1 aliphatic rings. The lowest BCUT2D eigenvalue weighted by Gasteiger charge is -2.36. The van der Waals surface area contributed by atoms with Gasteiger partial charge < -0.3 is 19.9 Å². The normalized spacial score (nSPS) is 19.3. The van der Waals surface area contributed by atoms with Crippen molar-refractivity contribution in [1.82, 2.24) is 20.5 Å². The summed E-state index contributed by atoms with van der Waals surface area (Å²) >= 11 is 1.57. The number of amides is 1. The number of aromatic nitrogens is 3. The van der Waals surface area contributed by atoms with Crippen LogP contribution in [-0.2, 0) is 27.4 Å². The van der Waals surface area contributed by atoms with Crippen molar-refractivity contribution in [2.45, 2.75) is 50.2 Å². The lowest BCUT2D eigenvalue weighted by molar-refractivity contribution is -0.245. The molecule has 0 bridgehead atoms. The fourth-order valence-corrected chi connectivity index (χ4v) is 5.21. The molecule has 0 saturated carbocycles. The summed E-state index contributed by atoms with van der Waals surface area (Å²) in [5.41, 5.74) is 5.97. The van der Waals surface area contributed by atoms with Gasteiger partial charge in [-0.3, -0.25) is 9.89 Å². The lowest BCUT2D eigenvalue weighted by atomic mass is 9.99. The van der Waals surface area contributed by atoms with Crippen LogP contribution in [0.5, 0.6) is 0 Å². The molecule has 3 atom stereocenters. The van der Waals surface area contributed by atoms with E-state index in [1.807, 2.05) is 48.5 Å². The van der Waals surface area contributed by atoms with Gasteiger partial charge in [0.25, 0.3) is 0 Å². The molecule has 196 valence electrons. The number of hydrogen-bond donors (Lipinski definition) is 3. The monoisotopic (exact) mass is 530 g/mol. The number of thioether (sulfide) groups is 1. The second-order valence-electron chi connectivity index (χ2n) is 9.19. The molecule has 3 aromatic carbocycles. The second kappa shape index (κ2) is 12.4. The van der Waals surface area contributed by atoms with Crippen LogP contribution in [0.4, 0.5) is 0 Å². The van der Waals surface area contributed by atoms with Crippen LogP contribution >= 0.6 is 11.8 Å². The maximum Gasteiger partial charge on any atom is 0.217 e. The van der Waals surface area contributed by atoms with Gasteiger partial charge in [-0.25, -0.2) is 4.98 Å². The van der Waals surface area contributed by atoms with E-state index in [-0.39, 0.29) is 24.7 Å². The van der Waals surface area contributed by atoms with Crippen molar-refractivity contribution in [2.24, 2.45) is 0 Å². The van der Waals surface area contributed by atoms with Crippen molar-refractivity contribution in [3.05, 3.63) is 101 Å². The van der Waals surface area contributed by atoms with Crippen LogP contribution in [-0.4, -0.2) is 38.1 Å². The average molecular weight is 531 g/mol. The molecule has 1 aromatic heterocycles. The summed E-state index contributed by atoms with van der Waals surface area (Å²) in [5, 5.41) is 19.9. The fraction of sp³-hybridized carbons (Fsp3) is 0.276. The largest absolute Gasteiger partial charge is 0.392 e. The van der Waals surface area contributed by atoms with E-state index in [1.54, 1.807) is 11.8 Å². The van der Waals surface area contributed by atoms with Gasteiger partial charge in [0.1, 0.15) is 6.33 Å². The fourth-order valence-electron chi connectivity index (χ4n) is 4.41. The Hall–Kier alpha value is -3.50. The Morgan fingerprint density at radius 3 is 2.55 bits per heavy atom. The molecule has 0 aliphatic carbocycles. The first-order valence-electron chi connectivity index (χ1n) is 12.5. The number of H-pyrrole nitrogens is 1. The van der Waals surface area contributed by atoms with Crippen LogP contribution in [0.25, 0.3) is 11.1 Å². The highest BCUT2D eigenvalue weighted by atomic mass is 32.2. The highest BCUT2D eigenvalue weighted by molar-refractivity contribution is 7.99. The number of hydrogen-bond acceptors (Lipinski definition) is 7. The van der Waals surface area contributed by atoms with E-state index in [2.05, 4.69) is 44.8 Å². The predicted molar refractivity (Wildman–Crippen MR) is 145 cm³/mol. The number of rotatable bonds is 9. The third-order valence-electron chi connectivity index (χ3n) is 6.37. The minimum absolute atomic E-state index is 0.00674. The molecule has 1 fully saturated rings. The van der Waals surface area contributed by atoms with E-state index in [9.17, 15) is 9.90 Å². The van der Waals surface area contributed by atoms with E-state index >= 15 is 0 Å². The molecule has 1 amide bonds. The molecule has 8 nitrogen and oxygen atoms in total. The number of aliphatic hydroxyl groups excluding tert-OH is 1. The minimum Gasteiger partial charge on any atom is -0.392 e. The van der Waals surface area contributed by atoms with Crippen LogP contribution in [0.15, 0.2) is 84.3 Å². The second-order valence-corrected chi connectivity index (χ2v) is 10.2. The molecule has 9 heteroatoms. The summed E-state index contributed by atoms with van der Waals surface area (Å²) in [6.45, 7) is 2.01. The zero-order valence-electron chi connectivity index (χ0n) is 21.0. The van der Waals surface area contributed by atoms with E-state index in [4.69, 9.17) is 9.47 Å². The molecule has 3 N–H and O–H groups in total. The number of aromatic amines is 1. The number of aliphatic hydroxyl groups is 1. The van der Waals surface area contributed by atoms with Crippen LogP contribution in [0.3, 0.4) is 0 Å². The predicted octanol–water partition coefficient (Wildman–Crippen LogP) is 4.94.